The fraction of sp³-hybridized carbons (Fsp3) is 0.138. The minimum absolute atomic E-state index is 0.289. The van der Waals surface area contributed by atoms with Crippen molar-refractivity contribution in [1.82, 2.24) is 0 Å². The molecule has 1 aliphatic heterocycles. The summed E-state index contributed by atoms with van der Waals surface area (Å²) in [5.74, 6) is 1.19. The van der Waals surface area contributed by atoms with E-state index in [4.69, 9.17) is 4.74 Å². The number of rotatable bonds is 6. The van der Waals surface area contributed by atoms with E-state index in [2.05, 4.69) is 53.1 Å². The Bertz CT molecular complexity index is 1780. The third kappa shape index (κ3) is 4.59. The Morgan fingerprint density at radius 2 is 1.76 bits per heavy atom. The first-order valence-corrected chi connectivity index (χ1v) is 14.4. The van der Waals surface area contributed by atoms with Gasteiger partial charge in [0.05, 0.1) is 22.9 Å². The predicted octanol–water partition coefficient (Wildman–Crippen LogP) is 6.11. The second kappa shape index (κ2) is 9.30. The second-order valence-corrected chi connectivity index (χ2v) is 11.7. The number of nitrogens with zero attached hydrogens (tertiary/aromatic N) is 2. The molecule has 0 radical (unpaired) electrons. The number of hydrogen-bond donors (Lipinski definition) is 1. The van der Waals surface area contributed by atoms with Crippen molar-refractivity contribution >= 4 is 54.2 Å². The number of aryl methyl sites for hydroxylation is 1. The summed E-state index contributed by atoms with van der Waals surface area (Å²) in [5.41, 5.74) is 4.29. The Labute approximate surface area is 219 Å². The summed E-state index contributed by atoms with van der Waals surface area (Å²) in [7, 11) is -2.05. The van der Waals surface area contributed by atoms with Gasteiger partial charge in [-0.25, -0.2) is 0 Å². The lowest BCUT2D eigenvalue weighted by molar-refractivity contribution is -0.667. The van der Waals surface area contributed by atoms with E-state index in [9.17, 15) is 13.0 Å². The number of fused-ring (bicyclic) bond motifs is 4. The van der Waals surface area contributed by atoms with Gasteiger partial charge in [-0.1, -0.05) is 72.0 Å². The lowest BCUT2D eigenvalue weighted by atomic mass is 10.0. The SMILES string of the molecule is CN1C(=Cc2sc3ccc4ccccc4c3[n+]2CCCS(=O)(=O)O)Oc2ccc(-c3ccccc3)cc21. The van der Waals surface area contributed by atoms with Crippen molar-refractivity contribution in [2.75, 3.05) is 17.7 Å². The van der Waals surface area contributed by atoms with Gasteiger partial charge in [0, 0.05) is 13.5 Å². The third-order valence-electron chi connectivity index (χ3n) is 6.62. The molecule has 0 unspecified atom stereocenters. The van der Waals surface area contributed by atoms with Crippen molar-refractivity contribution < 1.29 is 22.3 Å². The van der Waals surface area contributed by atoms with Crippen molar-refractivity contribution in [3.05, 3.63) is 95.8 Å². The van der Waals surface area contributed by atoms with Gasteiger partial charge in [-0.3, -0.25) is 4.55 Å². The van der Waals surface area contributed by atoms with Gasteiger partial charge < -0.3 is 9.64 Å². The summed E-state index contributed by atoms with van der Waals surface area (Å²) in [6.45, 7) is 0.446. The summed E-state index contributed by atoms with van der Waals surface area (Å²) in [6, 6.07) is 28.8. The van der Waals surface area contributed by atoms with Gasteiger partial charge in [0.1, 0.15) is 4.70 Å². The van der Waals surface area contributed by atoms with Crippen molar-refractivity contribution in [2.45, 2.75) is 13.0 Å². The van der Waals surface area contributed by atoms with Crippen LogP contribution in [-0.2, 0) is 16.7 Å². The summed E-state index contributed by atoms with van der Waals surface area (Å²) in [5, 5.41) is 3.16. The predicted molar refractivity (Wildman–Crippen MR) is 149 cm³/mol. The Morgan fingerprint density at radius 1 is 0.973 bits per heavy atom. The summed E-state index contributed by atoms with van der Waals surface area (Å²) in [6.07, 6.45) is 2.31. The molecule has 186 valence electrons. The zero-order valence-electron chi connectivity index (χ0n) is 20.2. The molecule has 1 aromatic heterocycles. The lowest BCUT2D eigenvalue weighted by Gasteiger charge is -2.11. The number of aromatic nitrogens is 1. The van der Waals surface area contributed by atoms with Crippen LogP contribution in [0.15, 0.2) is 90.8 Å². The quantitative estimate of drug-likeness (QED) is 0.212. The van der Waals surface area contributed by atoms with E-state index < -0.39 is 10.1 Å². The van der Waals surface area contributed by atoms with Gasteiger partial charge in [-0.05, 0) is 40.8 Å². The molecule has 1 N–H and O–H groups in total. The van der Waals surface area contributed by atoms with Crippen LogP contribution < -0.4 is 14.2 Å². The van der Waals surface area contributed by atoms with Gasteiger partial charge in [-0.15, -0.1) is 0 Å². The first kappa shape index (κ1) is 23.7. The van der Waals surface area contributed by atoms with Crippen LogP contribution >= 0.6 is 11.3 Å². The summed E-state index contributed by atoms with van der Waals surface area (Å²) >= 11 is 1.63. The molecule has 5 aromatic rings. The molecule has 6 rings (SSSR count). The maximum absolute atomic E-state index is 11.4. The third-order valence-corrected chi connectivity index (χ3v) is 8.52. The highest BCUT2D eigenvalue weighted by Gasteiger charge is 2.28. The number of anilines is 1. The zero-order valence-corrected chi connectivity index (χ0v) is 21.8. The van der Waals surface area contributed by atoms with Crippen LogP contribution in [-0.4, -0.2) is 25.8 Å². The average molecular weight is 530 g/mol. The van der Waals surface area contributed by atoms with Crippen molar-refractivity contribution in [1.29, 1.82) is 0 Å². The van der Waals surface area contributed by atoms with Crippen LogP contribution in [0.3, 0.4) is 0 Å². The highest BCUT2D eigenvalue weighted by Crippen LogP contribution is 2.41. The van der Waals surface area contributed by atoms with Crippen LogP contribution in [0.2, 0.25) is 0 Å². The largest absolute Gasteiger partial charge is 0.438 e. The molecule has 0 fully saturated rings. The Balaban J connectivity index is 1.42. The topological polar surface area (TPSA) is 70.7 Å². The molecule has 37 heavy (non-hydrogen) atoms. The Hall–Kier alpha value is -3.72. The molecule has 0 spiro atoms. The molecule has 4 aromatic carbocycles. The molecule has 0 atom stereocenters. The molecule has 0 saturated heterocycles. The van der Waals surface area contributed by atoms with Gasteiger partial charge >= 0.3 is 0 Å². The van der Waals surface area contributed by atoms with Crippen LogP contribution in [0.25, 0.3) is 38.2 Å². The molecule has 2 heterocycles. The Kier molecular flexibility index (Phi) is 5.95. The molecule has 0 saturated carbocycles. The van der Waals surface area contributed by atoms with E-state index in [-0.39, 0.29) is 5.75 Å². The van der Waals surface area contributed by atoms with E-state index >= 15 is 0 Å². The van der Waals surface area contributed by atoms with Crippen molar-refractivity contribution in [2.24, 2.45) is 0 Å². The zero-order chi connectivity index (χ0) is 25.6. The van der Waals surface area contributed by atoms with Crippen molar-refractivity contribution in [3.63, 3.8) is 0 Å². The number of hydrogen-bond acceptors (Lipinski definition) is 5. The minimum atomic E-state index is -4.04. The van der Waals surface area contributed by atoms with Crippen LogP contribution in [0, 0.1) is 0 Å². The maximum atomic E-state index is 11.4. The van der Waals surface area contributed by atoms with Crippen LogP contribution in [0.4, 0.5) is 5.69 Å². The maximum Gasteiger partial charge on any atom is 0.268 e. The van der Waals surface area contributed by atoms with E-state index in [1.54, 1.807) is 11.3 Å². The Morgan fingerprint density at radius 3 is 2.57 bits per heavy atom. The standard InChI is InChI=1S/C29H24N2O4S2/c1-30-24-18-22(20-8-3-2-4-9-20)12-14-25(24)35-27(30)19-28-31(16-7-17-37(32,33)34)29-23-11-6-5-10-21(23)13-15-26(29)36-28/h2-6,8-15,18-19H,7,16-17H2,1H3/p+1. The van der Waals surface area contributed by atoms with Crippen LogP contribution in [0.5, 0.6) is 5.75 Å². The van der Waals surface area contributed by atoms with Gasteiger partial charge in [0.2, 0.25) is 11.4 Å². The van der Waals surface area contributed by atoms with Crippen LogP contribution in [0.1, 0.15) is 11.4 Å². The fourth-order valence-electron chi connectivity index (χ4n) is 4.82. The molecular weight excluding hydrogens is 504 g/mol. The molecule has 0 aliphatic carbocycles. The second-order valence-electron chi connectivity index (χ2n) is 9.06. The van der Waals surface area contributed by atoms with E-state index in [1.165, 1.54) is 0 Å². The van der Waals surface area contributed by atoms with E-state index in [1.807, 2.05) is 54.4 Å². The van der Waals surface area contributed by atoms with Gasteiger partial charge in [0.15, 0.2) is 12.3 Å². The highest BCUT2D eigenvalue weighted by molar-refractivity contribution is 7.85. The average Bonchev–Trinajstić information content (AvgIpc) is 3.40. The first-order valence-electron chi connectivity index (χ1n) is 12.0. The number of benzene rings is 4. The molecule has 0 amide bonds. The lowest BCUT2D eigenvalue weighted by Crippen LogP contribution is -2.36. The van der Waals surface area contributed by atoms with E-state index in [0.29, 0.717) is 18.8 Å². The summed E-state index contributed by atoms with van der Waals surface area (Å²) < 4.78 is 41.6. The minimum Gasteiger partial charge on any atom is -0.438 e. The smallest absolute Gasteiger partial charge is 0.268 e. The van der Waals surface area contributed by atoms with Gasteiger partial charge in [0.25, 0.3) is 15.1 Å². The molecule has 1 aliphatic rings. The molecule has 8 heteroatoms. The summed E-state index contributed by atoms with van der Waals surface area (Å²) in [4.78, 5) is 2.03. The molecule has 0 bridgehead atoms. The first-order chi connectivity index (χ1) is 17.9. The normalized spacial score (nSPS) is 14.4. The highest BCUT2D eigenvalue weighted by atomic mass is 32.2. The van der Waals surface area contributed by atoms with E-state index in [0.717, 1.165) is 48.6 Å². The monoisotopic (exact) mass is 529 g/mol. The number of ether oxygens (including phenoxy) is 1. The molecule has 6 nitrogen and oxygen atoms in total. The molecular formula is C29H25N2O4S2+. The van der Waals surface area contributed by atoms with Crippen molar-refractivity contribution in [3.8, 4) is 16.9 Å². The fourth-order valence-corrected chi connectivity index (χ4v) is 6.44. The number of thiazole rings is 1. The van der Waals surface area contributed by atoms with Gasteiger partial charge in [-0.2, -0.15) is 13.0 Å².